The number of likely N-dealkylation sites (N-methyl/N-ethyl adjacent to an activating group) is 1. The molecule has 0 aliphatic heterocycles. The fourth-order valence-electron chi connectivity index (χ4n) is 6.58. The number of quaternary nitrogens is 1. The third-order valence-electron chi connectivity index (χ3n) is 10.1. The lowest BCUT2D eigenvalue weighted by molar-refractivity contribution is -0.887. The van der Waals surface area contributed by atoms with Crippen LogP contribution in [-0.2, 0) is 28.6 Å². The fourth-order valence-corrected chi connectivity index (χ4v) is 6.58. The predicted molar refractivity (Wildman–Crippen MR) is 229 cm³/mol. The maximum absolute atomic E-state index is 12.7. The minimum Gasteiger partial charge on any atom is -0.477 e. The van der Waals surface area contributed by atoms with Crippen molar-refractivity contribution in [3.8, 4) is 0 Å². The largest absolute Gasteiger partial charge is 0.477 e. The van der Waals surface area contributed by atoms with Crippen molar-refractivity contribution in [1.82, 2.24) is 0 Å². The number of hydrogen-bond donors (Lipinski definition) is 1. The number of allylic oxidation sites excluding steroid dienone is 6. The summed E-state index contributed by atoms with van der Waals surface area (Å²) in [7, 11) is 5.51. The van der Waals surface area contributed by atoms with Gasteiger partial charge in [0.1, 0.15) is 6.61 Å². The number of carboxylic acids is 1. The van der Waals surface area contributed by atoms with Crippen LogP contribution in [0.2, 0.25) is 0 Å². The maximum atomic E-state index is 12.7. The van der Waals surface area contributed by atoms with Gasteiger partial charge in [-0.15, -0.1) is 0 Å². The van der Waals surface area contributed by atoms with E-state index in [2.05, 4.69) is 50.3 Å². The van der Waals surface area contributed by atoms with Crippen molar-refractivity contribution in [3.63, 3.8) is 0 Å². The van der Waals surface area contributed by atoms with Gasteiger partial charge in [0.05, 0.1) is 34.4 Å². The van der Waals surface area contributed by atoms with Crippen molar-refractivity contribution >= 4 is 17.9 Å². The van der Waals surface area contributed by atoms with E-state index in [1.807, 2.05) is 21.1 Å². The van der Waals surface area contributed by atoms with E-state index >= 15 is 0 Å². The Morgan fingerprint density at radius 1 is 0.564 bits per heavy atom. The maximum Gasteiger partial charge on any atom is 0.362 e. The van der Waals surface area contributed by atoms with E-state index in [0.717, 1.165) is 51.4 Å². The molecule has 0 aromatic heterocycles. The van der Waals surface area contributed by atoms with Gasteiger partial charge in [-0.05, 0) is 44.9 Å². The molecule has 0 aromatic carbocycles. The van der Waals surface area contributed by atoms with Crippen LogP contribution in [0, 0.1) is 0 Å². The van der Waals surface area contributed by atoms with Crippen LogP contribution in [0.25, 0.3) is 0 Å². The van der Waals surface area contributed by atoms with E-state index in [-0.39, 0.29) is 42.7 Å². The number of aliphatic carboxylic acids is 1. The molecular weight excluding hydrogens is 691 g/mol. The smallest absolute Gasteiger partial charge is 0.362 e. The molecule has 0 radical (unpaired) electrons. The number of esters is 2. The Morgan fingerprint density at radius 2 is 1.02 bits per heavy atom. The summed E-state index contributed by atoms with van der Waals surface area (Å²) >= 11 is 0. The molecule has 8 nitrogen and oxygen atoms in total. The molecule has 8 heteroatoms. The lowest BCUT2D eigenvalue weighted by Gasteiger charge is -2.31. The second-order valence-electron chi connectivity index (χ2n) is 16.3. The van der Waals surface area contributed by atoms with Crippen LogP contribution in [0.5, 0.6) is 0 Å². The van der Waals surface area contributed by atoms with Crippen molar-refractivity contribution in [3.05, 3.63) is 36.5 Å². The van der Waals surface area contributed by atoms with Crippen molar-refractivity contribution in [2.45, 2.75) is 206 Å². The summed E-state index contributed by atoms with van der Waals surface area (Å²) in [5.41, 5.74) is 0. The van der Waals surface area contributed by atoms with Gasteiger partial charge in [0.15, 0.2) is 12.1 Å². The summed E-state index contributed by atoms with van der Waals surface area (Å²) in [6.45, 7) is 4.59. The molecule has 0 aliphatic carbocycles. The fraction of sp³-hybridized carbons (Fsp3) is 0.809. The summed E-state index contributed by atoms with van der Waals surface area (Å²) in [4.78, 5) is 36.9. The van der Waals surface area contributed by atoms with Crippen LogP contribution in [-0.4, -0.2) is 80.6 Å². The first-order valence-electron chi connectivity index (χ1n) is 22.5. The van der Waals surface area contributed by atoms with Crippen LogP contribution >= 0.6 is 0 Å². The molecule has 0 fully saturated rings. The molecule has 0 amide bonds. The van der Waals surface area contributed by atoms with Crippen LogP contribution in [0.15, 0.2) is 36.5 Å². The zero-order valence-corrected chi connectivity index (χ0v) is 36.4. The van der Waals surface area contributed by atoms with Crippen LogP contribution < -0.4 is 0 Å². The van der Waals surface area contributed by atoms with Gasteiger partial charge in [0.2, 0.25) is 0 Å². The average Bonchev–Trinajstić information content (AvgIpc) is 3.14. The van der Waals surface area contributed by atoms with E-state index in [1.54, 1.807) is 0 Å². The molecule has 320 valence electrons. The first-order chi connectivity index (χ1) is 26.6. The lowest BCUT2D eigenvalue weighted by atomic mass is 10.0. The highest BCUT2D eigenvalue weighted by molar-refractivity contribution is 5.72. The summed E-state index contributed by atoms with van der Waals surface area (Å²) < 4.78 is 17.2. The zero-order valence-electron chi connectivity index (χ0n) is 36.4. The number of nitrogens with zero attached hydrogens (tertiary/aromatic N) is 1. The predicted octanol–water partition coefficient (Wildman–Crippen LogP) is 12.2. The second kappa shape index (κ2) is 38.4. The van der Waals surface area contributed by atoms with Crippen molar-refractivity contribution < 1.29 is 38.2 Å². The van der Waals surface area contributed by atoms with Gasteiger partial charge < -0.3 is 23.8 Å². The Bertz CT molecular complexity index is 1000. The minimum absolute atomic E-state index is 0.0479. The van der Waals surface area contributed by atoms with E-state index in [4.69, 9.17) is 14.2 Å². The van der Waals surface area contributed by atoms with E-state index in [9.17, 15) is 19.5 Å². The zero-order chi connectivity index (χ0) is 40.7. The number of hydrogen-bond acceptors (Lipinski definition) is 6. The normalized spacial score (nSPS) is 13.3. The number of carbonyl (C=O) groups is 3. The SMILES string of the molecule is CC/C=C/C/C=C/C/C=C/CCCCC(=O)OC(COCCC(C(=O)O)[N+](C)(C)C)COC(=O)CCCCCCCCCCCCCCCCCCCCC. The Kier molecular flexibility index (Phi) is 36.7. The number of unbranched alkanes of at least 4 members (excludes halogenated alkanes) is 20. The summed E-state index contributed by atoms with van der Waals surface area (Å²) in [5, 5.41) is 9.61. The molecule has 0 saturated heterocycles. The molecule has 55 heavy (non-hydrogen) atoms. The van der Waals surface area contributed by atoms with Gasteiger partial charge in [0, 0.05) is 19.3 Å². The van der Waals surface area contributed by atoms with Crippen molar-refractivity contribution in [1.29, 1.82) is 0 Å². The van der Waals surface area contributed by atoms with E-state index in [0.29, 0.717) is 19.3 Å². The Hall–Kier alpha value is -2.45. The third kappa shape index (κ3) is 36.9. The van der Waals surface area contributed by atoms with Crippen LogP contribution in [0.3, 0.4) is 0 Å². The molecule has 0 heterocycles. The number of rotatable bonds is 40. The topological polar surface area (TPSA) is 99.1 Å². The highest BCUT2D eigenvalue weighted by atomic mass is 16.6. The van der Waals surface area contributed by atoms with Crippen molar-refractivity contribution in [2.75, 3.05) is 41.0 Å². The van der Waals surface area contributed by atoms with Gasteiger partial charge in [0.25, 0.3) is 0 Å². The average molecular weight is 777 g/mol. The molecule has 0 aromatic rings. The van der Waals surface area contributed by atoms with Gasteiger partial charge in [-0.1, -0.05) is 166 Å². The first-order valence-corrected chi connectivity index (χ1v) is 22.5. The number of carboxylic acid groups (broad SMARTS) is 1. The van der Waals surface area contributed by atoms with Gasteiger partial charge in [-0.3, -0.25) is 9.59 Å². The Morgan fingerprint density at radius 3 is 1.51 bits per heavy atom. The second-order valence-corrected chi connectivity index (χ2v) is 16.3. The standard InChI is InChI=1S/C47H85NO7/c1-6-8-10-12-14-16-18-20-21-22-23-24-25-26-28-29-31-33-35-37-45(49)54-42-43(41-53-40-39-44(47(51)52)48(3,4)5)55-46(50)38-36-34-32-30-27-19-17-15-13-11-9-7-2/h9,11,15,17,27,30,43-44H,6-8,10,12-14,16,18-26,28-29,31-42H2,1-5H3/p+1/b11-9+,17-15+,30-27+. The Labute approximate surface area is 338 Å². The van der Waals surface area contributed by atoms with E-state index in [1.165, 1.54) is 103 Å². The molecule has 0 bridgehead atoms. The molecular formula is C47H86NO7+. The summed E-state index contributed by atoms with van der Waals surface area (Å²) in [6.07, 6.45) is 43.4. The monoisotopic (exact) mass is 777 g/mol. The van der Waals surface area contributed by atoms with E-state index < -0.39 is 18.1 Å². The molecule has 0 rings (SSSR count). The molecule has 0 saturated carbocycles. The van der Waals surface area contributed by atoms with Crippen LogP contribution in [0.4, 0.5) is 0 Å². The summed E-state index contributed by atoms with van der Waals surface area (Å²) in [6, 6.07) is -0.619. The van der Waals surface area contributed by atoms with Crippen molar-refractivity contribution in [2.24, 2.45) is 0 Å². The van der Waals surface area contributed by atoms with Crippen LogP contribution in [0.1, 0.15) is 194 Å². The van der Waals surface area contributed by atoms with Gasteiger partial charge in [-0.25, -0.2) is 4.79 Å². The summed E-state index contributed by atoms with van der Waals surface area (Å²) in [5.74, 6) is -1.51. The quantitative estimate of drug-likeness (QED) is 0.0286. The number of ether oxygens (including phenoxy) is 3. The highest BCUT2D eigenvalue weighted by Gasteiger charge is 2.31. The molecule has 0 spiro atoms. The minimum atomic E-state index is -0.881. The molecule has 0 aliphatic rings. The molecule has 2 atom stereocenters. The highest BCUT2D eigenvalue weighted by Crippen LogP contribution is 2.16. The molecule has 2 unspecified atom stereocenters. The van der Waals surface area contributed by atoms with Gasteiger partial charge in [-0.2, -0.15) is 0 Å². The third-order valence-corrected chi connectivity index (χ3v) is 10.1. The lowest BCUT2D eigenvalue weighted by Crippen LogP contribution is -2.50. The Balaban J connectivity index is 4.28. The first kappa shape index (κ1) is 52.6. The van der Waals surface area contributed by atoms with Gasteiger partial charge >= 0.3 is 17.9 Å². The molecule has 1 N–H and O–H groups in total. The number of carbonyl (C=O) groups excluding carboxylic acids is 2.